The number of nitrogens with zero attached hydrogens (tertiary/aromatic N) is 4. The van der Waals surface area contributed by atoms with Gasteiger partial charge in [0.15, 0.2) is 5.78 Å². The van der Waals surface area contributed by atoms with Crippen LogP contribution < -0.4 is 5.32 Å². The molecule has 23 heavy (non-hydrogen) atoms. The zero-order valence-corrected chi connectivity index (χ0v) is 12.9. The molecular weight excluding hydrogens is 298 g/mol. The van der Waals surface area contributed by atoms with Gasteiger partial charge in [-0.2, -0.15) is 4.68 Å². The molecule has 0 fully saturated rings. The average molecular weight is 313 g/mol. The molecule has 1 N–H and O–H groups in total. The second kappa shape index (κ2) is 5.64. The second-order valence-corrected chi connectivity index (χ2v) is 5.22. The quantitative estimate of drug-likeness (QED) is 0.844. The Bertz CT molecular complexity index is 807. The summed E-state index contributed by atoms with van der Waals surface area (Å²) in [5, 5.41) is 14.2. The number of allylic oxidation sites excluding steroid dienone is 1. The lowest BCUT2D eigenvalue weighted by molar-refractivity contribution is -0.136. The van der Waals surface area contributed by atoms with Crippen LogP contribution in [0.15, 0.2) is 35.5 Å². The molecule has 0 spiro atoms. The van der Waals surface area contributed by atoms with Crippen molar-refractivity contribution in [2.45, 2.75) is 19.9 Å². The molecule has 0 amide bonds. The molecule has 3 rings (SSSR count). The first-order valence-corrected chi connectivity index (χ1v) is 6.97. The zero-order valence-electron chi connectivity index (χ0n) is 12.9. The smallest absolute Gasteiger partial charge is 0.355 e. The van der Waals surface area contributed by atoms with Crippen molar-refractivity contribution in [1.29, 1.82) is 0 Å². The van der Waals surface area contributed by atoms with E-state index in [1.807, 2.05) is 31.2 Å². The minimum atomic E-state index is -0.637. The van der Waals surface area contributed by atoms with Gasteiger partial charge in [0, 0.05) is 0 Å². The van der Waals surface area contributed by atoms with Crippen molar-refractivity contribution in [2.24, 2.45) is 0 Å². The normalized spacial score (nSPS) is 16.6. The van der Waals surface area contributed by atoms with Crippen LogP contribution >= 0.6 is 0 Å². The Morgan fingerprint density at radius 3 is 2.57 bits per heavy atom. The molecule has 1 atom stereocenters. The Morgan fingerprint density at radius 2 is 1.96 bits per heavy atom. The van der Waals surface area contributed by atoms with Crippen molar-refractivity contribution in [3.05, 3.63) is 46.7 Å². The number of hydrogen-bond donors (Lipinski definition) is 1. The molecule has 118 valence electrons. The summed E-state index contributed by atoms with van der Waals surface area (Å²) in [7, 11) is 1.26. The SMILES string of the molecule is COC(=O)C1=C(C(C)=O)[C@@H](c2ccc(C)cc2)n2nnnc2N1. The van der Waals surface area contributed by atoms with Gasteiger partial charge in [-0.05, 0) is 29.8 Å². The first kappa shape index (κ1) is 14.9. The number of anilines is 1. The first-order valence-electron chi connectivity index (χ1n) is 6.97. The summed E-state index contributed by atoms with van der Waals surface area (Å²) in [6, 6.07) is 7.03. The molecular formula is C15H15N5O3. The van der Waals surface area contributed by atoms with E-state index in [1.165, 1.54) is 18.7 Å². The van der Waals surface area contributed by atoms with Crippen molar-refractivity contribution >= 4 is 17.7 Å². The van der Waals surface area contributed by atoms with Crippen molar-refractivity contribution in [2.75, 3.05) is 12.4 Å². The third kappa shape index (κ3) is 2.48. The number of fused-ring (bicyclic) bond motifs is 1. The lowest BCUT2D eigenvalue weighted by Crippen LogP contribution is -2.32. The van der Waals surface area contributed by atoms with Gasteiger partial charge in [-0.1, -0.05) is 34.9 Å². The van der Waals surface area contributed by atoms with Gasteiger partial charge in [-0.3, -0.25) is 4.79 Å². The summed E-state index contributed by atoms with van der Waals surface area (Å²) in [6.07, 6.45) is 0. The highest BCUT2D eigenvalue weighted by molar-refractivity contribution is 6.05. The zero-order chi connectivity index (χ0) is 16.6. The van der Waals surface area contributed by atoms with E-state index < -0.39 is 12.0 Å². The van der Waals surface area contributed by atoms with Gasteiger partial charge in [0.05, 0.1) is 12.7 Å². The Balaban J connectivity index is 2.23. The maximum atomic E-state index is 12.2. The van der Waals surface area contributed by atoms with Crippen LogP contribution in [0.5, 0.6) is 0 Å². The van der Waals surface area contributed by atoms with Gasteiger partial charge < -0.3 is 10.1 Å². The number of tetrazole rings is 1. The minimum absolute atomic E-state index is 0.0628. The molecule has 1 aliphatic heterocycles. The van der Waals surface area contributed by atoms with Gasteiger partial charge in [-0.15, -0.1) is 0 Å². The summed E-state index contributed by atoms with van der Waals surface area (Å²) in [5.74, 6) is -0.618. The van der Waals surface area contributed by atoms with E-state index in [0.29, 0.717) is 0 Å². The summed E-state index contributed by atoms with van der Waals surface area (Å²) in [6.45, 7) is 3.37. The molecule has 0 radical (unpaired) electrons. The predicted octanol–water partition coefficient (Wildman–Crippen LogP) is 1.01. The fourth-order valence-corrected chi connectivity index (χ4v) is 2.58. The highest BCUT2D eigenvalue weighted by Crippen LogP contribution is 2.35. The number of nitrogens with one attached hydrogen (secondary N) is 1. The maximum Gasteiger partial charge on any atom is 0.355 e. The molecule has 0 saturated carbocycles. The Kier molecular flexibility index (Phi) is 3.65. The van der Waals surface area contributed by atoms with Gasteiger partial charge >= 0.3 is 5.97 Å². The molecule has 0 bridgehead atoms. The maximum absolute atomic E-state index is 12.2. The van der Waals surface area contributed by atoms with E-state index in [-0.39, 0.29) is 23.0 Å². The third-order valence-corrected chi connectivity index (χ3v) is 3.68. The van der Waals surface area contributed by atoms with Gasteiger partial charge in [0.2, 0.25) is 5.95 Å². The number of ether oxygens (including phenoxy) is 1. The number of aryl methyl sites for hydroxylation is 1. The lowest BCUT2D eigenvalue weighted by atomic mass is 9.92. The fraction of sp³-hybridized carbons (Fsp3) is 0.267. The molecule has 2 aromatic rings. The van der Waals surface area contributed by atoms with E-state index in [1.54, 1.807) is 0 Å². The van der Waals surface area contributed by atoms with Gasteiger partial charge in [-0.25, -0.2) is 4.79 Å². The summed E-state index contributed by atoms with van der Waals surface area (Å²) in [4.78, 5) is 24.3. The third-order valence-electron chi connectivity index (χ3n) is 3.68. The standard InChI is InChI=1S/C15H15N5O3/c1-8-4-6-10(7-5-8)13-11(9(2)21)12(14(22)23-3)16-15-17-18-19-20(13)15/h4-7,13H,1-3H3,(H,16,17,19)/t13-/m1/s1. The Labute approximate surface area is 132 Å². The largest absolute Gasteiger partial charge is 0.464 e. The Morgan fingerprint density at radius 1 is 1.26 bits per heavy atom. The number of carbonyl (C=O) groups excluding carboxylic acids is 2. The number of methoxy groups -OCH3 is 1. The van der Waals surface area contributed by atoms with Crippen LogP contribution in [0.3, 0.4) is 0 Å². The van der Waals surface area contributed by atoms with Crippen LogP contribution in [0, 0.1) is 6.92 Å². The van der Waals surface area contributed by atoms with Gasteiger partial charge in [0.25, 0.3) is 0 Å². The predicted molar refractivity (Wildman–Crippen MR) is 80.5 cm³/mol. The van der Waals surface area contributed by atoms with Crippen molar-refractivity contribution in [3.8, 4) is 0 Å². The molecule has 1 aromatic heterocycles. The van der Waals surface area contributed by atoms with Crippen LogP contribution in [0.25, 0.3) is 0 Å². The van der Waals surface area contributed by atoms with E-state index in [4.69, 9.17) is 4.74 Å². The molecule has 8 heteroatoms. The van der Waals surface area contributed by atoms with Gasteiger partial charge in [0.1, 0.15) is 11.7 Å². The number of Topliss-reactive ketones (excluding diaryl/α,β-unsaturated/α-hetero) is 1. The summed E-state index contributed by atoms with van der Waals surface area (Å²) < 4.78 is 6.26. The monoisotopic (exact) mass is 313 g/mol. The van der Waals surface area contributed by atoms with Crippen LogP contribution in [-0.4, -0.2) is 39.1 Å². The number of carbonyl (C=O) groups is 2. The lowest BCUT2D eigenvalue weighted by Gasteiger charge is -2.27. The molecule has 1 aliphatic rings. The highest BCUT2D eigenvalue weighted by Gasteiger charge is 2.36. The second-order valence-electron chi connectivity index (χ2n) is 5.22. The fourth-order valence-electron chi connectivity index (χ4n) is 2.58. The van der Waals surface area contributed by atoms with Crippen molar-refractivity contribution in [3.63, 3.8) is 0 Å². The number of benzene rings is 1. The number of ketones is 1. The van der Waals surface area contributed by atoms with Crippen LogP contribution in [0.4, 0.5) is 5.95 Å². The molecule has 0 aliphatic carbocycles. The van der Waals surface area contributed by atoms with Crippen molar-refractivity contribution < 1.29 is 14.3 Å². The average Bonchev–Trinajstić information content (AvgIpc) is 3.01. The van der Waals surface area contributed by atoms with E-state index >= 15 is 0 Å². The molecule has 0 saturated heterocycles. The highest BCUT2D eigenvalue weighted by atomic mass is 16.5. The molecule has 1 aromatic carbocycles. The van der Waals surface area contributed by atoms with Crippen molar-refractivity contribution in [1.82, 2.24) is 20.2 Å². The van der Waals surface area contributed by atoms with Crippen LogP contribution in [-0.2, 0) is 14.3 Å². The minimum Gasteiger partial charge on any atom is -0.464 e. The topological polar surface area (TPSA) is 99.0 Å². The molecule has 8 nitrogen and oxygen atoms in total. The summed E-state index contributed by atoms with van der Waals surface area (Å²) in [5.41, 5.74) is 2.21. The van der Waals surface area contributed by atoms with Crippen LogP contribution in [0.1, 0.15) is 24.1 Å². The van der Waals surface area contributed by atoms with E-state index in [2.05, 4.69) is 20.8 Å². The summed E-state index contributed by atoms with van der Waals surface area (Å²) >= 11 is 0. The molecule has 2 heterocycles. The van der Waals surface area contributed by atoms with Crippen LogP contribution in [0.2, 0.25) is 0 Å². The van der Waals surface area contributed by atoms with E-state index in [9.17, 15) is 9.59 Å². The number of rotatable bonds is 3. The number of hydrogen-bond acceptors (Lipinski definition) is 7. The Hall–Kier alpha value is -3.03. The molecule has 0 unspecified atom stereocenters. The number of aromatic nitrogens is 4. The first-order chi connectivity index (χ1) is 11.0. The van der Waals surface area contributed by atoms with E-state index in [0.717, 1.165) is 11.1 Å². The number of esters is 1.